The van der Waals surface area contributed by atoms with E-state index in [1.54, 1.807) is 6.92 Å². The fraction of sp³-hybridized carbons (Fsp3) is 0.846. The number of amides is 2. The molecule has 5 heteroatoms. The molecular formula is C13H23N3O2. The summed E-state index contributed by atoms with van der Waals surface area (Å²) in [7, 11) is 0. The molecule has 0 aliphatic carbocycles. The minimum absolute atomic E-state index is 0.0248. The number of nitrogens with one attached hydrogen (secondary N) is 2. The van der Waals surface area contributed by atoms with Crippen molar-refractivity contribution in [2.75, 3.05) is 26.2 Å². The number of hydrogen-bond acceptors (Lipinski definition) is 3. The Hall–Kier alpha value is -1.10. The topological polar surface area (TPSA) is 61.4 Å². The Labute approximate surface area is 108 Å². The Bertz CT molecular complexity index is 305. The van der Waals surface area contributed by atoms with E-state index in [1.165, 1.54) is 0 Å². The third-order valence-corrected chi connectivity index (χ3v) is 3.88. The smallest absolute Gasteiger partial charge is 0.222 e. The van der Waals surface area contributed by atoms with Crippen LogP contribution in [0.3, 0.4) is 0 Å². The van der Waals surface area contributed by atoms with Crippen molar-refractivity contribution in [2.45, 2.75) is 38.6 Å². The van der Waals surface area contributed by atoms with Gasteiger partial charge in [-0.25, -0.2) is 0 Å². The van der Waals surface area contributed by atoms with Gasteiger partial charge in [0.25, 0.3) is 0 Å². The van der Waals surface area contributed by atoms with Crippen LogP contribution in [0.5, 0.6) is 0 Å². The average molecular weight is 253 g/mol. The van der Waals surface area contributed by atoms with Crippen molar-refractivity contribution in [3.05, 3.63) is 0 Å². The van der Waals surface area contributed by atoms with Crippen LogP contribution in [0.15, 0.2) is 0 Å². The van der Waals surface area contributed by atoms with E-state index in [2.05, 4.69) is 10.6 Å². The van der Waals surface area contributed by atoms with Gasteiger partial charge >= 0.3 is 0 Å². The monoisotopic (exact) mass is 253 g/mol. The van der Waals surface area contributed by atoms with Gasteiger partial charge in [0.1, 0.15) is 0 Å². The Morgan fingerprint density at radius 2 is 2.00 bits per heavy atom. The van der Waals surface area contributed by atoms with Crippen molar-refractivity contribution in [3.63, 3.8) is 0 Å². The fourth-order valence-electron chi connectivity index (χ4n) is 2.83. The normalized spacial score (nSPS) is 25.2. The predicted molar refractivity (Wildman–Crippen MR) is 69.0 cm³/mol. The zero-order valence-electron chi connectivity index (χ0n) is 11.1. The fourth-order valence-corrected chi connectivity index (χ4v) is 2.83. The molecule has 0 aromatic heterocycles. The lowest BCUT2D eigenvalue weighted by Gasteiger charge is -2.32. The van der Waals surface area contributed by atoms with Gasteiger partial charge in [0.15, 0.2) is 0 Å². The third-order valence-electron chi connectivity index (χ3n) is 3.88. The Morgan fingerprint density at radius 3 is 2.56 bits per heavy atom. The third kappa shape index (κ3) is 3.70. The van der Waals surface area contributed by atoms with Gasteiger partial charge in [0.05, 0.1) is 0 Å². The number of hydrogen-bond donors (Lipinski definition) is 2. The second kappa shape index (κ2) is 6.18. The summed E-state index contributed by atoms with van der Waals surface area (Å²) in [6, 6.07) is 0.250. The molecule has 0 radical (unpaired) electrons. The molecule has 18 heavy (non-hydrogen) atoms. The maximum absolute atomic E-state index is 12.1. The minimum Gasteiger partial charge on any atom is -0.353 e. The molecular weight excluding hydrogens is 230 g/mol. The first-order chi connectivity index (χ1) is 8.65. The minimum atomic E-state index is 0.0248. The summed E-state index contributed by atoms with van der Waals surface area (Å²) in [6.45, 7) is 5.13. The number of rotatable bonds is 3. The largest absolute Gasteiger partial charge is 0.353 e. The lowest BCUT2D eigenvalue weighted by Crippen LogP contribution is -2.46. The molecule has 2 rings (SSSR count). The molecule has 0 spiro atoms. The molecule has 5 nitrogen and oxygen atoms in total. The molecule has 2 aliphatic heterocycles. The first-order valence-corrected chi connectivity index (χ1v) is 6.90. The van der Waals surface area contributed by atoms with Gasteiger partial charge in [-0.05, 0) is 38.3 Å². The second-order valence-corrected chi connectivity index (χ2v) is 5.42. The number of carbonyl (C=O) groups excluding carboxylic acids is 2. The summed E-state index contributed by atoms with van der Waals surface area (Å²) < 4.78 is 0. The first-order valence-electron chi connectivity index (χ1n) is 6.90. The van der Waals surface area contributed by atoms with E-state index in [4.69, 9.17) is 0 Å². The molecule has 0 aromatic rings. The van der Waals surface area contributed by atoms with Crippen molar-refractivity contribution < 1.29 is 9.59 Å². The van der Waals surface area contributed by atoms with Gasteiger partial charge in [0, 0.05) is 32.5 Å². The summed E-state index contributed by atoms with van der Waals surface area (Å²) in [4.78, 5) is 25.0. The van der Waals surface area contributed by atoms with Crippen LogP contribution < -0.4 is 10.6 Å². The van der Waals surface area contributed by atoms with Gasteiger partial charge in [-0.1, -0.05) is 0 Å². The van der Waals surface area contributed by atoms with Gasteiger partial charge in [-0.2, -0.15) is 0 Å². The SMILES string of the molecule is CC(=O)NC1CCN(C(=O)CC2CCNC2)CC1. The Kier molecular flexibility index (Phi) is 4.58. The average Bonchev–Trinajstić information content (AvgIpc) is 2.82. The summed E-state index contributed by atoms with van der Waals surface area (Å²) in [6.07, 6.45) is 3.56. The van der Waals surface area contributed by atoms with Crippen molar-refractivity contribution in [1.29, 1.82) is 0 Å². The molecule has 1 unspecified atom stereocenters. The lowest BCUT2D eigenvalue weighted by atomic mass is 10.0. The van der Waals surface area contributed by atoms with Crippen LogP contribution in [0.1, 0.15) is 32.6 Å². The number of carbonyl (C=O) groups is 2. The molecule has 0 bridgehead atoms. The van der Waals surface area contributed by atoms with E-state index >= 15 is 0 Å². The number of piperidine rings is 1. The highest BCUT2D eigenvalue weighted by Gasteiger charge is 2.25. The van der Waals surface area contributed by atoms with E-state index in [9.17, 15) is 9.59 Å². The summed E-state index contributed by atoms with van der Waals surface area (Å²) >= 11 is 0. The van der Waals surface area contributed by atoms with Gasteiger partial charge in [0.2, 0.25) is 11.8 Å². The zero-order chi connectivity index (χ0) is 13.0. The quantitative estimate of drug-likeness (QED) is 0.750. The van der Waals surface area contributed by atoms with Gasteiger partial charge < -0.3 is 15.5 Å². The molecule has 0 saturated carbocycles. The summed E-state index contributed by atoms with van der Waals surface area (Å²) in [5.41, 5.74) is 0. The van der Waals surface area contributed by atoms with Crippen molar-refractivity contribution in [1.82, 2.24) is 15.5 Å². The van der Waals surface area contributed by atoms with E-state index in [-0.39, 0.29) is 17.9 Å². The predicted octanol–water partition coefficient (Wildman–Crippen LogP) is 0.113. The number of likely N-dealkylation sites (tertiary alicyclic amines) is 1. The van der Waals surface area contributed by atoms with Crippen LogP contribution >= 0.6 is 0 Å². The molecule has 2 N–H and O–H groups in total. The standard InChI is InChI=1S/C13H23N3O2/c1-10(17)15-12-3-6-16(7-4-12)13(18)8-11-2-5-14-9-11/h11-12,14H,2-9H2,1H3,(H,15,17). The van der Waals surface area contributed by atoms with E-state index in [0.717, 1.165) is 45.4 Å². The van der Waals surface area contributed by atoms with Crippen LogP contribution in [0, 0.1) is 5.92 Å². The highest BCUT2D eigenvalue weighted by atomic mass is 16.2. The van der Waals surface area contributed by atoms with Crippen LogP contribution in [-0.4, -0.2) is 48.9 Å². The van der Waals surface area contributed by atoms with Gasteiger partial charge in [-0.15, -0.1) is 0 Å². The summed E-state index contributed by atoms with van der Waals surface area (Å²) in [5.74, 6) is 0.826. The molecule has 2 fully saturated rings. The highest BCUT2D eigenvalue weighted by molar-refractivity contribution is 5.77. The molecule has 0 aromatic carbocycles. The molecule has 1 atom stereocenters. The molecule has 102 valence electrons. The van der Waals surface area contributed by atoms with E-state index < -0.39 is 0 Å². The van der Waals surface area contributed by atoms with Crippen molar-refractivity contribution in [2.24, 2.45) is 5.92 Å². The van der Waals surface area contributed by atoms with Crippen LogP contribution in [0.25, 0.3) is 0 Å². The number of nitrogens with zero attached hydrogens (tertiary/aromatic N) is 1. The highest BCUT2D eigenvalue weighted by Crippen LogP contribution is 2.17. The van der Waals surface area contributed by atoms with Gasteiger partial charge in [-0.3, -0.25) is 9.59 Å². The maximum Gasteiger partial charge on any atom is 0.222 e. The van der Waals surface area contributed by atoms with Crippen LogP contribution in [-0.2, 0) is 9.59 Å². The molecule has 2 amide bonds. The molecule has 2 aliphatic rings. The van der Waals surface area contributed by atoms with Crippen LogP contribution in [0.4, 0.5) is 0 Å². The van der Waals surface area contributed by atoms with Crippen LogP contribution in [0.2, 0.25) is 0 Å². The summed E-state index contributed by atoms with van der Waals surface area (Å²) in [5, 5.41) is 6.22. The van der Waals surface area contributed by atoms with Crippen molar-refractivity contribution in [3.8, 4) is 0 Å². The van der Waals surface area contributed by atoms with E-state index in [0.29, 0.717) is 12.3 Å². The zero-order valence-corrected chi connectivity index (χ0v) is 11.1. The molecule has 2 saturated heterocycles. The van der Waals surface area contributed by atoms with Crippen molar-refractivity contribution >= 4 is 11.8 Å². The first kappa shape index (κ1) is 13.3. The second-order valence-electron chi connectivity index (χ2n) is 5.42. The van der Waals surface area contributed by atoms with E-state index in [1.807, 2.05) is 4.90 Å². The lowest BCUT2D eigenvalue weighted by molar-refractivity contribution is -0.133. The maximum atomic E-state index is 12.1. The Balaban J connectivity index is 1.71. The Morgan fingerprint density at radius 1 is 1.28 bits per heavy atom. The molecule has 2 heterocycles.